The molecule has 0 saturated carbocycles. The predicted octanol–water partition coefficient (Wildman–Crippen LogP) is 1.75. The van der Waals surface area contributed by atoms with Gasteiger partial charge in [-0.2, -0.15) is 0 Å². The van der Waals surface area contributed by atoms with E-state index < -0.39 is 29.9 Å². The summed E-state index contributed by atoms with van der Waals surface area (Å²) in [5.41, 5.74) is 0. The Labute approximate surface area is 124 Å². The summed E-state index contributed by atoms with van der Waals surface area (Å²) >= 11 is 0. The third kappa shape index (κ3) is 6.10. The molecule has 118 valence electrons. The van der Waals surface area contributed by atoms with Gasteiger partial charge in [0.2, 0.25) is 0 Å². The Hall–Kier alpha value is -1.66. The molecule has 2 unspecified atom stereocenters. The zero-order chi connectivity index (χ0) is 15.9. The summed E-state index contributed by atoms with van der Waals surface area (Å²) in [6.45, 7) is 7.60. The molecule has 1 aliphatic rings. The van der Waals surface area contributed by atoms with Crippen molar-refractivity contribution in [3.05, 3.63) is 24.3 Å². The molecule has 21 heavy (non-hydrogen) atoms. The maximum Gasteiger partial charge on any atom is 0.330 e. The minimum Gasteiger partial charge on any atom is -0.463 e. The van der Waals surface area contributed by atoms with Crippen molar-refractivity contribution in [3.8, 4) is 0 Å². The lowest BCUT2D eigenvalue weighted by atomic mass is 10.2. The average Bonchev–Trinajstić information content (AvgIpc) is 2.69. The lowest BCUT2D eigenvalue weighted by Gasteiger charge is -2.15. The molecular formula is C15H22O6. The first-order chi connectivity index (χ1) is 9.88. The minimum absolute atomic E-state index is 0.308. The van der Waals surface area contributed by atoms with Crippen molar-refractivity contribution >= 4 is 11.9 Å². The van der Waals surface area contributed by atoms with Gasteiger partial charge in [-0.05, 0) is 39.8 Å². The molecule has 2 atom stereocenters. The van der Waals surface area contributed by atoms with E-state index in [1.807, 2.05) is 0 Å². The molecule has 6 nitrogen and oxygen atoms in total. The van der Waals surface area contributed by atoms with Crippen LogP contribution in [0, 0.1) is 0 Å². The Morgan fingerprint density at radius 2 is 1.33 bits per heavy atom. The number of hydrogen-bond donors (Lipinski definition) is 0. The molecule has 6 heteroatoms. The minimum atomic E-state index is -0.798. The quantitative estimate of drug-likeness (QED) is 0.549. The average molecular weight is 298 g/mol. The normalized spacial score (nSPS) is 24.6. The summed E-state index contributed by atoms with van der Waals surface area (Å²) in [4.78, 5) is 22.6. The van der Waals surface area contributed by atoms with Crippen molar-refractivity contribution in [1.82, 2.24) is 0 Å². The van der Waals surface area contributed by atoms with Gasteiger partial charge < -0.3 is 18.9 Å². The molecule has 0 amide bonds. The number of carbonyl (C=O) groups excluding carboxylic acids is 2. The predicted molar refractivity (Wildman–Crippen MR) is 75.4 cm³/mol. The fraction of sp³-hybridized carbons (Fsp3) is 0.600. The number of carbonyl (C=O) groups is 2. The summed E-state index contributed by atoms with van der Waals surface area (Å²) in [5, 5.41) is 0. The standard InChI is InChI=1S/C15H22O6/c1-5-18-13(16)9-7-11-12(21-15(3,4)20-11)8-10-14(17)19-6-2/h7-12H,5-6H2,1-4H3/b9-7+,10-8+. The van der Waals surface area contributed by atoms with E-state index in [1.54, 1.807) is 39.8 Å². The SMILES string of the molecule is CCOC(=O)/C=C/C1OC(C)(C)OC1/C=C/C(=O)OCC. The van der Waals surface area contributed by atoms with E-state index in [2.05, 4.69) is 0 Å². The van der Waals surface area contributed by atoms with Gasteiger partial charge in [0.15, 0.2) is 5.79 Å². The van der Waals surface area contributed by atoms with Crippen LogP contribution in [0.15, 0.2) is 24.3 Å². The van der Waals surface area contributed by atoms with Gasteiger partial charge in [-0.3, -0.25) is 0 Å². The summed E-state index contributed by atoms with van der Waals surface area (Å²) in [6.07, 6.45) is 4.76. The highest BCUT2D eigenvalue weighted by Gasteiger charge is 2.38. The number of ether oxygens (including phenoxy) is 4. The molecule has 1 saturated heterocycles. The summed E-state index contributed by atoms with van der Waals surface area (Å²) < 4.78 is 20.9. The number of rotatable bonds is 6. The van der Waals surface area contributed by atoms with Crippen LogP contribution in [-0.2, 0) is 28.5 Å². The Kier molecular flexibility index (Phi) is 6.58. The first kappa shape index (κ1) is 17.4. The Balaban J connectivity index is 2.70. The van der Waals surface area contributed by atoms with Gasteiger partial charge in [-0.25, -0.2) is 9.59 Å². The van der Waals surface area contributed by atoms with E-state index in [4.69, 9.17) is 18.9 Å². The van der Waals surface area contributed by atoms with Crippen LogP contribution < -0.4 is 0 Å². The molecule has 0 bridgehead atoms. The summed E-state index contributed by atoms with van der Waals surface area (Å²) in [7, 11) is 0. The highest BCUT2D eigenvalue weighted by atomic mass is 16.7. The van der Waals surface area contributed by atoms with Gasteiger partial charge >= 0.3 is 11.9 Å². The Morgan fingerprint density at radius 1 is 0.952 bits per heavy atom. The van der Waals surface area contributed by atoms with Gasteiger partial charge in [0.1, 0.15) is 12.2 Å². The molecule has 1 rings (SSSR count). The van der Waals surface area contributed by atoms with Crippen LogP contribution in [0.3, 0.4) is 0 Å². The van der Waals surface area contributed by atoms with E-state index in [0.29, 0.717) is 13.2 Å². The third-order valence-corrected chi connectivity index (χ3v) is 2.58. The molecular weight excluding hydrogens is 276 g/mol. The lowest BCUT2D eigenvalue weighted by Crippen LogP contribution is -2.21. The second-order valence-electron chi connectivity index (χ2n) is 4.79. The first-order valence-electron chi connectivity index (χ1n) is 6.93. The molecule has 1 fully saturated rings. The van der Waals surface area contributed by atoms with E-state index in [1.165, 1.54) is 12.2 Å². The fourth-order valence-electron chi connectivity index (χ4n) is 1.84. The highest BCUT2D eigenvalue weighted by Crippen LogP contribution is 2.29. The summed E-state index contributed by atoms with van der Waals surface area (Å²) in [5.74, 6) is -1.69. The van der Waals surface area contributed by atoms with Crippen LogP contribution in [0.4, 0.5) is 0 Å². The van der Waals surface area contributed by atoms with Crippen LogP contribution in [0.1, 0.15) is 27.7 Å². The van der Waals surface area contributed by atoms with Crippen LogP contribution in [0.2, 0.25) is 0 Å². The maximum absolute atomic E-state index is 11.3. The lowest BCUT2D eigenvalue weighted by molar-refractivity contribution is -0.141. The van der Waals surface area contributed by atoms with Crippen molar-refractivity contribution in [2.75, 3.05) is 13.2 Å². The maximum atomic E-state index is 11.3. The molecule has 0 N–H and O–H groups in total. The van der Waals surface area contributed by atoms with Crippen LogP contribution in [0.25, 0.3) is 0 Å². The zero-order valence-electron chi connectivity index (χ0n) is 12.8. The topological polar surface area (TPSA) is 71.1 Å². The Bertz CT molecular complexity index is 386. The molecule has 0 spiro atoms. The number of esters is 2. The second-order valence-corrected chi connectivity index (χ2v) is 4.79. The van der Waals surface area contributed by atoms with Crippen molar-refractivity contribution in [1.29, 1.82) is 0 Å². The van der Waals surface area contributed by atoms with Gasteiger partial charge in [0, 0.05) is 12.2 Å². The summed E-state index contributed by atoms with van der Waals surface area (Å²) in [6, 6.07) is 0. The van der Waals surface area contributed by atoms with Crippen molar-refractivity contribution in [2.24, 2.45) is 0 Å². The largest absolute Gasteiger partial charge is 0.463 e. The molecule has 1 aliphatic heterocycles. The van der Waals surface area contributed by atoms with Crippen LogP contribution in [0.5, 0.6) is 0 Å². The van der Waals surface area contributed by atoms with Crippen LogP contribution in [-0.4, -0.2) is 43.1 Å². The molecule has 0 aromatic carbocycles. The van der Waals surface area contributed by atoms with E-state index >= 15 is 0 Å². The monoisotopic (exact) mass is 298 g/mol. The van der Waals surface area contributed by atoms with Crippen LogP contribution >= 0.6 is 0 Å². The molecule has 0 aromatic heterocycles. The van der Waals surface area contributed by atoms with Gasteiger partial charge in [0.25, 0.3) is 0 Å². The van der Waals surface area contributed by atoms with Crippen molar-refractivity contribution < 1.29 is 28.5 Å². The van der Waals surface area contributed by atoms with E-state index in [-0.39, 0.29) is 0 Å². The van der Waals surface area contributed by atoms with E-state index in [9.17, 15) is 9.59 Å². The van der Waals surface area contributed by atoms with Gasteiger partial charge in [-0.15, -0.1) is 0 Å². The smallest absolute Gasteiger partial charge is 0.330 e. The number of hydrogen-bond acceptors (Lipinski definition) is 6. The Morgan fingerprint density at radius 3 is 1.67 bits per heavy atom. The molecule has 1 heterocycles. The first-order valence-corrected chi connectivity index (χ1v) is 6.93. The molecule has 0 radical (unpaired) electrons. The second kappa shape index (κ2) is 7.95. The van der Waals surface area contributed by atoms with Gasteiger partial charge in [0.05, 0.1) is 13.2 Å². The van der Waals surface area contributed by atoms with E-state index in [0.717, 1.165) is 0 Å². The van der Waals surface area contributed by atoms with Crippen molar-refractivity contribution in [2.45, 2.75) is 45.7 Å². The highest BCUT2D eigenvalue weighted by molar-refractivity contribution is 5.82. The fourth-order valence-corrected chi connectivity index (χ4v) is 1.84. The molecule has 0 aliphatic carbocycles. The zero-order valence-corrected chi connectivity index (χ0v) is 12.8. The van der Waals surface area contributed by atoms with Crippen molar-refractivity contribution in [3.63, 3.8) is 0 Å². The molecule has 0 aromatic rings. The third-order valence-electron chi connectivity index (χ3n) is 2.58. The van der Waals surface area contributed by atoms with Gasteiger partial charge in [-0.1, -0.05) is 0 Å².